The highest BCUT2D eigenvalue weighted by atomic mass is 79.9. The van der Waals surface area contributed by atoms with Crippen molar-refractivity contribution in [3.63, 3.8) is 0 Å². The quantitative estimate of drug-likeness (QED) is 0.768. The van der Waals surface area contributed by atoms with Crippen molar-refractivity contribution in [2.45, 2.75) is 0 Å². The van der Waals surface area contributed by atoms with Gasteiger partial charge in [-0.25, -0.2) is 4.79 Å². The number of carbonyl (C=O) groups is 2. The van der Waals surface area contributed by atoms with Crippen LogP contribution in [-0.4, -0.2) is 25.1 Å². The maximum Gasteiger partial charge on any atom is 0.344 e. The molecule has 0 fully saturated rings. The summed E-state index contributed by atoms with van der Waals surface area (Å²) in [5, 5.41) is 11.5. The second-order valence-corrected chi connectivity index (χ2v) is 5.53. The smallest absolute Gasteiger partial charge is 0.344 e. The van der Waals surface area contributed by atoms with E-state index >= 15 is 0 Å². The number of nitrogens with one attached hydrogen (secondary N) is 1. The van der Waals surface area contributed by atoms with Crippen LogP contribution in [0.15, 0.2) is 53.0 Å². The molecule has 7 heteroatoms. The molecule has 24 heavy (non-hydrogen) atoms. The van der Waals surface area contributed by atoms with Crippen LogP contribution >= 0.6 is 15.9 Å². The van der Waals surface area contributed by atoms with Crippen molar-refractivity contribution >= 4 is 33.5 Å². The topological polar surface area (TPSA) is 88.4 Å². The molecule has 0 bridgehead atoms. The van der Waals surface area contributed by atoms with E-state index in [1.807, 2.05) is 12.1 Å². The maximum absolute atomic E-state index is 11.8. The summed E-state index contributed by atoms with van der Waals surface area (Å²) >= 11 is 3.29. The van der Waals surface area contributed by atoms with Gasteiger partial charge < -0.3 is 14.8 Å². The van der Waals surface area contributed by atoms with Crippen molar-refractivity contribution in [3.8, 4) is 11.8 Å². The second kappa shape index (κ2) is 8.70. The van der Waals surface area contributed by atoms with Gasteiger partial charge in [-0.3, -0.25) is 4.79 Å². The Morgan fingerprint density at radius 1 is 1.12 bits per heavy atom. The van der Waals surface area contributed by atoms with Gasteiger partial charge in [0.05, 0.1) is 11.3 Å². The Bertz CT molecular complexity index is 786. The van der Waals surface area contributed by atoms with E-state index in [9.17, 15) is 9.59 Å². The highest BCUT2D eigenvalue weighted by Gasteiger charge is 2.10. The first-order valence-electron chi connectivity index (χ1n) is 6.91. The highest BCUT2D eigenvalue weighted by molar-refractivity contribution is 9.10. The molecule has 0 saturated carbocycles. The monoisotopic (exact) mass is 388 g/mol. The van der Waals surface area contributed by atoms with Crippen molar-refractivity contribution in [1.29, 1.82) is 5.26 Å². The van der Waals surface area contributed by atoms with Crippen LogP contribution in [-0.2, 0) is 14.3 Å². The third kappa shape index (κ3) is 5.41. The van der Waals surface area contributed by atoms with E-state index in [1.165, 1.54) is 0 Å². The first kappa shape index (κ1) is 17.5. The number of nitriles is 1. The molecule has 0 radical (unpaired) electrons. The number of halogens is 1. The van der Waals surface area contributed by atoms with Crippen LogP contribution in [0.1, 0.15) is 5.56 Å². The lowest BCUT2D eigenvalue weighted by Gasteiger charge is -2.08. The molecular weight excluding hydrogens is 376 g/mol. The van der Waals surface area contributed by atoms with Crippen LogP contribution in [0, 0.1) is 11.3 Å². The molecule has 0 aliphatic rings. The van der Waals surface area contributed by atoms with Crippen LogP contribution in [0.3, 0.4) is 0 Å². The molecule has 6 nitrogen and oxygen atoms in total. The number of para-hydroxylation sites is 1. The van der Waals surface area contributed by atoms with E-state index in [2.05, 4.69) is 21.2 Å². The molecule has 2 rings (SSSR count). The number of hydrogen-bond acceptors (Lipinski definition) is 5. The van der Waals surface area contributed by atoms with Crippen LogP contribution in [0.25, 0.3) is 0 Å². The Kier molecular flexibility index (Phi) is 6.34. The average molecular weight is 389 g/mol. The number of benzene rings is 2. The molecule has 0 aliphatic heterocycles. The minimum absolute atomic E-state index is 0.307. The Balaban J connectivity index is 1.77. The maximum atomic E-state index is 11.8. The molecule has 2 aromatic rings. The molecule has 1 N–H and O–H groups in total. The molecule has 0 heterocycles. The standard InChI is InChI=1S/C17H13BrN2O4/c18-13-5-3-6-14(8-13)23-11-17(22)24-10-16(21)20-15-7-2-1-4-12(15)9-19/h1-8H,10-11H2,(H,20,21). The van der Waals surface area contributed by atoms with Crippen LogP contribution in [0.5, 0.6) is 5.75 Å². The first-order chi connectivity index (χ1) is 11.6. The predicted octanol–water partition coefficient (Wildman–Crippen LogP) is 2.88. The third-order valence-corrected chi connectivity index (χ3v) is 3.33. The minimum Gasteiger partial charge on any atom is -0.482 e. The zero-order valence-electron chi connectivity index (χ0n) is 12.5. The summed E-state index contributed by atoms with van der Waals surface area (Å²) in [6, 6.07) is 15.5. The van der Waals surface area contributed by atoms with Crippen molar-refractivity contribution < 1.29 is 19.1 Å². The van der Waals surface area contributed by atoms with E-state index in [4.69, 9.17) is 14.7 Å². The average Bonchev–Trinajstić information content (AvgIpc) is 2.58. The van der Waals surface area contributed by atoms with E-state index in [1.54, 1.807) is 42.5 Å². The third-order valence-electron chi connectivity index (χ3n) is 2.84. The van der Waals surface area contributed by atoms with Crippen LogP contribution in [0.2, 0.25) is 0 Å². The molecule has 2 aromatic carbocycles. The lowest BCUT2D eigenvalue weighted by Crippen LogP contribution is -2.24. The molecule has 1 amide bonds. The van der Waals surface area contributed by atoms with E-state index < -0.39 is 18.5 Å². The molecular formula is C17H13BrN2O4. The molecule has 122 valence electrons. The molecule has 0 unspecified atom stereocenters. The zero-order valence-corrected chi connectivity index (χ0v) is 14.1. The lowest BCUT2D eigenvalue weighted by atomic mass is 10.2. The summed E-state index contributed by atoms with van der Waals surface area (Å²) in [7, 11) is 0. The normalized spacial score (nSPS) is 9.67. The summed E-state index contributed by atoms with van der Waals surface area (Å²) < 4.78 is 10.9. The fourth-order valence-electron chi connectivity index (χ4n) is 1.76. The van der Waals surface area contributed by atoms with Crippen LogP contribution < -0.4 is 10.1 Å². The molecule has 0 saturated heterocycles. The summed E-state index contributed by atoms with van der Waals surface area (Å²) in [6.07, 6.45) is 0. The van der Waals surface area contributed by atoms with Gasteiger partial charge in [0.15, 0.2) is 13.2 Å². The number of esters is 1. The van der Waals surface area contributed by atoms with Gasteiger partial charge in [-0.15, -0.1) is 0 Å². The van der Waals surface area contributed by atoms with Gasteiger partial charge in [-0.1, -0.05) is 34.1 Å². The number of carbonyl (C=O) groups excluding carboxylic acids is 2. The number of hydrogen-bond donors (Lipinski definition) is 1. The molecule has 0 aliphatic carbocycles. The van der Waals surface area contributed by atoms with Crippen molar-refractivity contribution in [2.75, 3.05) is 18.5 Å². The molecule has 0 aromatic heterocycles. The van der Waals surface area contributed by atoms with Gasteiger partial charge in [0.1, 0.15) is 11.8 Å². The Labute approximate surface area is 147 Å². The fourth-order valence-corrected chi connectivity index (χ4v) is 2.14. The molecule has 0 atom stereocenters. The van der Waals surface area contributed by atoms with Crippen molar-refractivity contribution in [1.82, 2.24) is 0 Å². The highest BCUT2D eigenvalue weighted by Crippen LogP contribution is 2.17. The van der Waals surface area contributed by atoms with Gasteiger partial charge >= 0.3 is 5.97 Å². The molecule has 0 spiro atoms. The fraction of sp³-hybridized carbons (Fsp3) is 0.118. The first-order valence-corrected chi connectivity index (χ1v) is 7.71. The SMILES string of the molecule is N#Cc1ccccc1NC(=O)COC(=O)COc1cccc(Br)c1. The summed E-state index contributed by atoms with van der Waals surface area (Å²) in [5.74, 6) is -0.694. The summed E-state index contributed by atoms with van der Waals surface area (Å²) in [6.45, 7) is -0.765. The zero-order chi connectivity index (χ0) is 17.4. The Morgan fingerprint density at radius 2 is 1.92 bits per heavy atom. The van der Waals surface area contributed by atoms with Gasteiger partial charge in [-0.05, 0) is 30.3 Å². The number of nitrogens with zero attached hydrogens (tertiary/aromatic N) is 1. The van der Waals surface area contributed by atoms with Gasteiger partial charge in [0.25, 0.3) is 5.91 Å². The van der Waals surface area contributed by atoms with Crippen molar-refractivity contribution in [3.05, 3.63) is 58.6 Å². The largest absolute Gasteiger partial charge is 0.482 e. The Hall–Kier alpha value is -2.85. The van der Waals surface area contributed by atoms with Gasteiger partial charge in [0.2, 0.25) is 0 Å². The van der Waals surface area contributed by atoms with Crippen molar-refractivity contribution in [2.24, 2.45) is 0 Å². The number of rotatable bonds is 6. The Morgan fingerprint density at radius 3 is 2.67 bits per heavy atom. The summed E-state index contributed by atoms with van der Waals surface area (Å²) in [4.78, 5) is 23.3. The lowest BCUT2D eigenvalue weighted by molar-refractivity contribution is -0.149. The minimum atomic E-state index is -0.668. The van der Waals surface area contributed by atoms with Gasteiger partial charge in [-0.2, -0.15) is 5.26 Å². The number of amides is 1. The van der Waals surface area contributed by atoms with E-state index in [0.717, 1.165) is 4.47 Å². The van der Waals surface area contributed by atoms with E-state index in [0.29, 0.717) is 17.0 Å². The van der Waals surface area contributed by atoms with Gasteiger partial charge in [0, 0.05) is 4.47 Å². The predicted molar refractivity (Wildman–Crippen MR) is 90.4 cm³/mol. The van der Waals surface area contributed by atoms with E-state index in [-0.39, 0.29) is 6.61 Å². The second-order valence-electron chi connectivity index (χ2n) is 4.61. The number of ether oxygens (including phenoxy) is 2. The number of anilines is 1. The van der Waals surface area contributed by atoms with Crippen LogP contribution in [0.4, 0.5) is 5.69 Å². The summed E-state index contributed by atoms with van der Waals surface area (Å²) in [5.41, 5.74) is 0.696.